The lowest BCUT2D eigenvalue weighted by Gasteiger charge is -2.35. The third-order valence-corrected chi connectivity index (χ3v) is 7.18. The molecule has 1 aliphatic carbocycles. The molecule has 1 N–H and O–H groups in total. The minimum absolute atomic E-state index is 0.336. The summed E-state index contributed by atoms with van der Waals surface area (Å²) in [6.07, 6.45) is 1.45. The first-order valence-electron chi connectivity index (χ1n) is 8.28. The number of hydrogen-bond donors (Lipinski definition) is 1. The van der Waals surface area contributed by atoms with E-state index in [2.05, 4.69) is 4.90 Å². The molecule has 1 heterocycles. The lowest BCUT2D eigenvalue weighted by molar-refractivity contribution is -0.144. The Bertz CT molecular complexity index is 748. The Hall–Kier alpha value is -1.44. The van der Waals surface area contributed by atoms with Crippen LogP contribution in [0.15, 0.2) is 23.1 Å². The zero-order chi connectivity index (χ0) is 17.5. The maximum Gasteiger partial charge on any atom is 0.310 e. The summed E-state index contributed by atoms with van der Waals surface area (Å²) in [4.78, 5) is 13.7. The Morgan fingerprint density at radius 1 is 1.12 bits per heavy atom. The van der Waals surface area contributed by atoms with E-state index < -0.39 is 21.4 Å². The molecular formula is C17H24N2O4S. The number of benzene rings is 1. The summed E-state index contributed by atoms with van der Waals surface area (Å²) in [6.45, 7) is 6.38. The van der Waals surface area contributed by atoms with Crippen molar-refractivity contribution in [2.24, 2.45) is 5.41 Å². The number of aryl methyl sites for hydroxylation is 2. The van der Waals surface area contributed by atoms with Gasteiger partial charge in [-0.1, -0.05) is 6.07 Å². The van der Waals surface area contributed by atoms with Crippen molar-refractivity contribution in [3.63, 3.8) is 0 Å². The van der Waals surface area contributed by atoms with Gasteiger partial charge in [-0.25, -0.2) is 8.42 Å². The summed E-state index contributed by atoms with van der Waals surface area (Å²) in [6, 6.07) is 5.22. The molecule has 1 saturated carbocycles. The molecule has 24 heavy (non-hydrogen) atoms. The van der Waals surface area contributed by atoms with Gasteiger partial charge in [0.15, 0.2) is 0 Å². The van der Waals surface area contributed by atoms with Gasteiger partial charge in [0.2, 0.25) is 10.0 Å². The van der Waals surface area contributed by atoms with Crippen LogP contribution in [-0.2, 0) is 14.8 Å². The molecule has 2 aliphatic rings. The van der Waals surface area contributed by atoms with Crippen LogP contribution in [0.5, 0.6) is 0 Å². The van der Waals surface area contributed by atoms with Gasteiger partial charge in [-0.15, -0.1) is 0 Å². The second kappa shape index (κ2) is 6.13. The largest absolute Gasteiger partial charge is 0.481 e. The van der Waals surface area contributed by atoms with Crippen LogP contribution in [0.3, 0.4) is 0 Å². The van der Waals surface area contributed by atoms with Gasteiger partial charge in [-0.2, -0.15) is 4.31 Å². The highest BCUT2D eigenvalue weighted by Crippen LogP contribution is 2.46. The van der Waals surface area contributed by atoms with Gasteiger partial charge in [0.1, 0.15) is 0 Å². The van der Waals surface area contributed by atoms with Crippen molar-refractivity contribution in [2.45, 2.75) is 31.6 Å². The van der Waals surface area contributed by atoms with Gasteiger partial charge >= 0.3 is 5.97 Å². The standard InChI is InChI=1S/C17H24N2O4S/c1-13-3-4-15(11-14(13)2)24(22,23)19-9-7-18(8-10-19)12-17(5-6-17)16(20)21/h3-4,11H,5-10,12H2,1-2H3,(H,20,21). The number of sulfonamides is 1. The van der Waals surface area contributed by atoms with Gasteiger partial charge in [0.05, 0.1) is 10.3 Å². The SMILES string of the molecule is Cc1ccc(S(=O)(=O)N2CCN(CC3(C(=O)O)CC3)CC2)cc1C. The highest BCUT2D eigenvalue weighted by atomic mass is 32.2. The van der Waals surface area contributed by atoms with Crippen molar-refractivity contribution in [3.05, 3.63) is 29.3 Å². The molecular weight excluding hydrogens is 328 g/mol. The Morgan fingerprint density at radius 3 is 2.25 bits per heavy atom. The number of carbonyl (C=O) groups is 1. The lowest BCUT2D eigenvalue weighted by Crippen LogP contribution is -2.50. The fourth-order valence-corrected chi connectivity index (χ4v) is 4.68. The maximum absolute atomic E-state index is 12.8. The summed E-state index contributed by atoms with van der Waals surface area (Å²) in [7, 11) is -3.48. The predicted octanol–water partition coefficient (Wildman–Crippen LogP) is 1.47. The van der Waals surface area contributed by atoms with Crippen LogP contribution in [0.4, 0.5) is 0 Å². The molecule has 3 rings (SSSR count). The van der Waals surface area contributed by atoms with E-state index in [9.17, 15) is 18.3 Å². The molecule has 1 aliphatic heterocycles. The van der Waals surface area contributed by atoms with Crippen LogP contribution in [0.25, 0.3) is 0 Å². The molecule has 0 aromatic heterocycles. The molecule has 1 saturated heterocycles. The molecule has 0 bridgehead atoms. The molecule has 1 aromatic rings. The van der Waals surface area contributed by atoms with Crippen molar-refractivity contribution in [2.75, 3.05) is 32.7 Å². The minimum atomic E-state index is -3.48. The fourth-order valence-electron chi connectivity index (χ4n) is 3.17. The molecule has 0 spiro atoms. The van der Waals surface area contributed by atoms with E-state index in [-0.39, 0.29) is 0 Å². The third-order valence-electron chi connectivity index (χ3n) is 5.28. The molecule has 0 atom stereocenters. The molecule has 2 fully saturated rings. The fraction of sp³-hybridized carbons (Fsp3) is 0.588. The summed E-state index contributed by atoms with van der Waals surface area (Å²) in [5, 5.41) is 9.28. The average molecular weight is 352 g/mol. The van der Waals surface area contributed by atoms with Crippen LogP contribution in [0.2, 0.25) is 0 Å². The monoisotopic (exact) mass is 352 g/mol. The molecule has 7 heteroatoms. The third kappa shape index (κ3) is 3.20. The summed E-state index contributed by atoms with van der Waals surface area (Å²) >= 11 is 0. The Kier molecular flexibility index (Phi) is 4.44. The highest BCUT2D eigenvalue weighted by molar-refractivity contribution is 7.89. The number of piperazine rings is 1. The van der Waals surface area contributed by atoms with Gasteiger partial charge in [0.25, 0.3) is 0 Å². The Morgan fingerprint density at radius 2 is 1.75 bits per heavy atom. The number of carboxylic acid groups (broad SMARTS) is 1. The van der Waals surface area contributed by atoms with E-state index in [1.54, 1.807) is 12.1 Å². The topological polar surface area (TPSA) is 77.9 Å². The predicted molar refractivity (Wildman–Crippen MR) is 90.4 cm³/mol. The van der Waals surface area contributed by atoms with E-state index >= 15 is 0 Å². The van der Waals surface area contributed by atoms with Crippen LogP contribution in [0, 0.1) is 19.3 Å². The second-order valence-corrected chi connectivity index (χ2v) is 8.95. The molecule has 0 unspecified atom stereocenters. The Labute approximate surface area is 143 Å². The summed E-state index contributed by atoms with van der Waals surface area (Å²) in [5.74, 6) is -0.729. The summed E-state index contributed by atoms with van der Waals surface area (Å²) in [5.41, 5.74) is 1.45. The van der Waals surface area contributed by atoms with Crippen molar-refractivity contribution >= 4 is 16.0 Å². The van der Waals surface area contributed by atoms with Crippen molar-refractivity contribution in [1.82, 2.24) is 9.21 Å². The number of hydrogen-bond acceptors (Lipinski definition) is 4. The minimum Gasteiger partial charge on any atom is -0.481 e. The van der Waals surface area contributed by atoms with E-state index in [0.717, 1.165) is 24.0 Å². The molecule has 0 radical (unpaired) electrons. The van der Waals surface area contributed by atoms with Gasteiger partial charge < -0.3 is 5.11 Å². The van der Waals surface area contributed by atoms with Crippen molar-refractivity contribution < 1.29 is 18.3 Å². The first-order chi connectivity index (χ1) is 11.2. The van der Waals surface area contributed by atoms with Crippen molar-refractivity contribution in [1.29, 1.82) is 0 Å². The van der Waals surface area contributed by atoms with Gasteiger partial charge in [-0.3, -0.25) is 9.69 Å². The van der Waals surface area contributed by atoms with E-state index in [4.69, 9.17) is 0 Å². The van der Waals surface area contributed by atoms with Crippen molar-refractivity contribution in [3.8, 4) is 0 Å². The summed E-state index contributed by atoms with van der Waals surface area (Å²) < 4.78 is 27.1. The number of nitrogens with zero attached hydrogens (tertiary/aromatic N) is 2. The van der Waals surface area contributed by atoms with Gasteiger partial charge in [-0.05, 0) is 49.9 Å². The second-order valence-electron chi connectivity index (χ2n) is 7.01. The number of rotatable bonds is 5. The average Bonchev–Trinajstić information content (AvgIpc) is 3.31. The Balaban J connectivity index is 1.65. The van der Waals surface area contributed by atoms with Crippen LogP contribution in [-0.4, -0.2) is 61.4 Å². The zero-order valence-corrected chi connectivity index (χ0v) is 15.0. The van der Waals surface area contributed by atoms with Crippen LogP contribution in [0.1, 0.15) is 24.0 Å². The molecule has 1 aromatic carbocycles. The van der Waals surface area contributed by atoms with Crippen LogP contribution >= 0.6 is 0 Å². The normalized spacial score (nSPS) is 21.6. The maximum atomic E-state index is 12.8. The first-order valence-corrected chi connectivity index (χ1v) is 9.72. The molecule has 6 nitrogen and oxygen atoms in total. The quantitative estimate of drug-likeness (QED) is 0.868. The van der Waals surface area contributed by atoms with E-state index in [1.807, 2.05) is 19.9 Å². The lowest BCUT2D eigenvalue weighted by atomic mass is 10.1. The number of carboxylic acids is 1. The zero-order valence-electron chi connectivity index (χ0n) is 14.2. The highest BCUT2D eigenvalue weighted by Gasteiger charge is 2.51. The van der Waals surface area contributed by atoms with Gasteiger partial charge in [0, 0.05) is 32.7 Å². The number of aliphatic carboxylic acids is 1. The first kappa shape index (κ1) is 17.4. The molecule has 0 amide bonds. The molecule has 132 valence electrons. The van der Waals surface area contributed by atoms with Crippen LogP contribution < -0.4 is 0 Å². The smallest absolute Gasteiger partial charge is 0.310 e. The van der Waals surface area contributed by atoms with E-state index in [1.165, 1.54) is 4.31 Å². The van der Waals surface area contributed by atoms with E-state index in [0.29, 0.717) is 37.6 Å².